The van der Waals surface area contributed by atoms with E-state index in [0.29, 0.717) is 24.7 Å². The van der Waals surface area contributed by atoms with E-state index in [9.17, 15) is 26.7 Å². The lowest BCUT2D eigenvalue weighted by Gasteiger charge is -2.27. The standard InChI is InChI=1S/C28H22ClF5N6O2.C7H12FN/c1-39(16-9-11-40(14-16)26(41)20(30)12-15-6-3-4-10-35-15)25-18-13-36-23(22(31)24(18)37-27(38-25)42-2)17-7-5-8-19(29)21(17)28(32,33)34;8-6-4-7-2-1-3-9(7)5-6/h3-8,10,12-13,16H,9,11,14H2,1-2H3;6-7H,1-5H2/b20-12-;. The lowest BCUT2D eigenvalue weighted by atomic mass is 10.0. The molecule has 0 saturated carbocycles. The second-order valence-corrected chi connectivity index (χ2v) is 13.0. The van der Waals surface area contributed by atoms with E-state index >= 15 is 4.39 Å². The molecule has 3 atom stereocenters. The summed E-state index contributed by atoms with van der Waals surface area (Å²) < 4.78 is 89.7. The Kier molecular flexibility index (Phi) is 10.7. The van der Waals surface area contributed by atoms with Crippen molar-refractivity contribution in [3.63, 3.8) is 0 Å². The summed E-state index contributed by atoms with van der Waals surface area (Å²) in [7, 11) is 2.90. The molecule has 16 heteroatoms. The molecule has 3 aliphatic rings. The molecule has 0 bridgehead atoms. The number of ether oxygens (including phenoxy) is 1. The molecule has 1 aromatic carbocycles. The molecular weight excluding hydrogens is 700 g/mol. The van der Waals surface area contributed by atoms with Crippen molar-refractivity contribution in [1.29, 1.82) is 0 Å². The third-order valence-corrected chi connectivity index (χ3v) is 9.65. The first-order valence-corrected chi connectivity index (χ1v) is 16.7. The van der Waals surface area contributed by atoms with E-state index in [0.717, 1.165) is 31.2 Å². The number of rotatable bonds is 6. The number of carbonyl (C=O) groups is 1. The summed E-state index contributed by atoms with van der Waals surface area (Å²) in [4.78, 5) is 34.4. The third kappa shape index (κ3) is 7.74. The van der Waals surface area contributed by atoms with Crippen molar-refractivity contribution >= 4 is 40.3 Å². The van der Waals surface area contributed by atoms with Crippen molar-refractivity contribution in [2.75, 3.05) is 45.2 Å². The summed E-state index contributed by atoms with van der Waals surface area (Å²) in [5.41, 5.74) is -2.40. The van der Waals surface area contributed by atoms with Gasteiger partial charge in [-0.2, -0.15) is 23.1 Å². The number of likely N-dealkylation sites (tertiary alicyclic amines) is 1. The summed E-state index contributed by atoms with van der Waals surface area (Å²) in [6, 6.07) is 8.30. The number of carbonyl (C=O) groups excluding carboxylic acids is 1. The third-order valence-electron chi connectivity index (χ3n) is 9.34. The Hall–Kier alpha value is -4.50. The van der Waals surface area contributed by atoms with Gasteiger partial charge >= 0.3 is 12.2 Å². The summed E-state index contributed by atoms with van der Waals surface area (Å²) >= 11 is 5.84. The van der Waals surface area contributed by atoms with Gasteiger partial charge in [0.05, 0.1) is 28.8 Å². The van der Waals surface area contributed by atoms with E-state index < -0.39 is 51.7 Å². The Morgan fingerprint density at radius 2 is 1.88 bits per heavy atom. The number of hydrogen-bond donors (Lipinski definition) is 0. The van der Waals surface area contributed by atoms with E-state index in [-0.39, 0.29) is 41.9 Å². The van der Waals surface area contributed by atoms with Gasteiger partial charge in [0.15, 0.2) is 11.6 Å². The van der Waals surface area contributed by atoms with E-state index in [1.165, 1.54) is 43.3 Å². The number of likely N-dealkylation sites (N-methyl/N-ethyl adjacent to an activating group) is 1. The zero-order chi connectivity index (χ0) is 36.4. The molecule has 3 fully saturated rings. The lowest BCUT2D eigenvalue weighted by Crippen LogP contribution is -2.37. The highest BCUT2D eigenvalue weighted by Gasteiger charge is 2.38. The Labute approximate surface area is 294 Å². The van der Waals surface area contributed by atoms with Crippen molar-refractivity contribution in [3.8, 4) is 17.3 Å². The van der Waals surface area contributed by atoms with Crippen LogP contribution < -0.4 is 9.64 Å². The predicted molar refractivity (Wildman–Crippen MR) is 180 cm³/mol. The zero-order valence-corrected chi connectivity index (χ0v) is 28.4. The van der Waals surface area contributed by atoms with Gasteiger partial charge in [0, 0.05) is 62.8 Å². The van der Waals surface area contributed by atoms with Crippen LogP contribution in [-0.4, -0.2) is 94.2 Å². The van der Waals surface area contributed by atoms with Crippen LogP contribution in [0.15, 0.2) is 54.6 Å². The molecular formula is C35H34ClF6N7O2. The average Bonchev–Trinajstić information content (AvgIpc) is 3.85. The first kappa shape index (κ1) is 36.3. The molecule has 4 aromatic rings. The molecule has 0 N–H and O–H groups in total. The van der Waals surface area contributed by atoms with Gasteiger partial charge in [0.25, 0.3) is 5.91 Å². The van der Waals surface area contributed by atoms with Gasteiger partial charge in [-0.05, 0) is 50.4 Å². The maximum absolute atomic E-state index is 15.9. The number of fused-ring (bicyclic) bond motifs is 2. The van der Waals surface area contributed by atoms with Gasteiger partial charge < -0.3 is 14.5 Å². The Morgan fingerprint density at radius 1 is 1.08 bits per heavy atom. The molecule has 7 rings (SSSR count). The topological polar surface area (TPSA) is 87.6 Å². The van der Waals surface area contributed by atoms with Crippen molar-refractivity contribution in [3.05, 3.63) is 76.7 Å². The lowest BCUT2D eigenvalue weighted by molar-refractivity contribution is -0.137. The number of hydrogen-bond acceptors (Lipinski definition) is 8. The van der Waals surface area contributed by atoms with Crippen LogP contribution in [-0.2, 0) is 11.0 Å². The molecule has 3 aliphatic heterocycles. The number of aromatic nitrogens is 4. The molecule has 9 nitrogen and oxygen atoms in total. The fourth-order valence-corrected chi connectivity index (χ4v) is 7.11. The largest absolute Gasteiger partial charge is 0.467 e. The van der Waals surface area contributed by atoms with Gasteiger partial charge in [-0.25, -0.2) is 13.2 Å². The van der Waals surface area contributed by atoms with E-state index in [1.807, 2.05) is 0 Å². The van der Waals surface area contributed by atoms with Crippen molar-refractivity contribution in [1.82, 2.24) is 29.7 Å². The molecule has 0 aliphatic carbocycles. The van der Waals surface area contributed by atoms with Gasteiger partial charge in [-0.15, -0.1) is 0 Å². The second kappa shape index (κ2) is 15.0. The van der Waals surface area contributed by atoms with Crippen LogP contribution in [0.3, 0.4) is 0 Å². The fraction of sp³-hybridized carbons (Fsp3) is 0.400. The Morgan fingerprint density at radius 3 is 2.59 bits per heavy atom. The first-order valence-electron chi connectivity index (χ1n) is 16.3. The van der Waals surface area contributed by atoms with Gasteiger partial charge in [-0.1, -0.05) is 29.8 Å². The highest BCUT2D eigenvalue weighted by molar-refractivity contribution is 6.31. The minimum absolute atomic E-state index is 0.0983. The van der Waals surface area contributed by atoms with E-state index in [1.54, 1.807) is 30.1 Å². The van der Waals surface area contributed by atoms with E-state index in [2.05, 4.69) is 24.8 Å². The quantitative estimate of drug-likeness (QED) is 0.153. The van der Waals surface area contributed by atoms with Gasteiger partial charge in [0.1, 0.15) is 23.2 Å². The number of anilines is 1. The highest BCUT2D eigenvalue weighted by atomic mass is 35.5. The molecule has 0 radical (unpaired) electrons. The van der Waals surface area contributed by atoms with Crippen molar-refractivity contribution in [2.45, 2.75) is 50.1 Å². The molecule has 51 heavy (non-hydrogen) atoms. The minimum Gasteiger partial charge on any atom is -0.467 e. The van der Waals surface area contributed by atoms with Crippen LogP contribution in [0.5, 0.6) is 6.01 Å². The molecule has 6 heterocycles. The average molecular weight is 734 g/mol. The molecule has 1 amide bonds. The number of alkyl halides is 4. The van der Waals surface area contributed by atoms with Crippen LogP contribution in [0.1, 0.15) is 36.9 Å². The predicted octanol–water partition coefficient (Wildman–Crippen LogP) is 7.15. The van der Waals surface area contributed by atoms with E-state index in [4.69, 9.17) is 16.3 Å². The number of pyridine rings is 2. The van der Waals surface area contributed by atoms with Crippen molar-refractivity contribution in [2.24, 2.45) is 0 Å². The number of methoxy groups -OCH3 is 1. The molecule has 3 saturated heterocycles. The molecule has 0 spiro atoms. The summed E-state index contributed by atoms with van der Waals surface area (Å²) in [6.45, 7) is 2.22. The fourth-order valence-electron chi connectivity index (χ4n) is 6.83. The van der Waals surface area contributed by atoms with Gasteiger partial charge in [0.2, 0.25) is 0 Å². The Bertz CT molecular complexity index is 1920. The summed E-state index contributed by atoms with van der Waals surface area (Å²) in [5, 5.41) is -0.505. The number of nitrogens with zero attached hydrogens (tertiary/aromatic N) is 7. The Balaban J connectivity index is 0.000000428. The van der Waals surface area contributed by atoms with Gasteiger partial charge in [-0.3, -0.25) is 19.7 Å². The van der Waals surface area contributed by atoms with Crippen LogP contribution in [0.2, 0.25) is 5.02 Å². The van der Waals surface area contributed by atoms with Crippen LogP contribution >= 0.6 is 11.6 Å². The second-order valence-electron chi connectivity index (χ2n) is 12.6. The summed E-state index contributed by atoms with van der Waals surface area (Å²) in [5.74, 6) is -2.73. The molecule has 270 valence electrons. The monoisotopic (exact) mass is 733 g/mol. The highest BCUT2D eigenvalue weighted by Crippen LogP contribution is 2.43. The SMILES string of the molecule is COc1nc(N(C)C2CCN(C(=O)/C(F)=C/c3ccccn3)C2)c2cnc(-c3cccc(Cl)c3C(F)(F)F)c(F)c2n1.FC1CC2CCCN2C1. The van der Waals surface area contributed by atoms with Crippen molar-refractivity contribution < 1.29 is 35.9 Å². The maximum Gasteiger partial charge on any atom is 0.418 e. The zero-order valence-electron chi connectivity index (χ0n) is 27.7. The summed E-state index contributed by atoms with van der Waals surface area (Å²) in [6.07, 6.45) is 2.08. The number of amides is 1. The molecule has 3 aromatic heterocycles. The van der Waals surface area contributed by atoms with Crippen LogP contribution in [0.4, 0.5) is 32.2 Å². The smallest absolute Gasteiger partial charge is 0.418 e. The maximum atomic E-state index is 15.9. The number of benzene rings is 1. The first-order chi connectivity index (χ1) is 24.3. The van der Waals surface area contributed by atoms with Crippen LogP contribution in [0, 0.1) is 5.82 Å². The minimum atomic E-state index is -4.87. The normalized spacial score (nSPS) is 20.7. The number of halogens is 7. The van der Waals surface area contributed by atoms with Crippen LogP contribution in [0.25, 0.3) is 28.2 Å². The molecule has 3 unspecified atom stereocenters.